The second-order valence-electron chi connectivity index (χ2n) is 6.64. The number of nitrogens with one attached hydrogen (secondary N) is 1. The fourth-order valence-electron chi connectivity index (χ4n) is 2.62. The number of carbonyl (C=O) groups is 2. The monoisotopic (exact) mass is 351 g/mol. The highest BCUT2D eigenvalue weighted by atomic mass is 19.1. The van der Waals surface area contributed by atoms with Gasteiger partial charge in [0.25, 0.3) is 0 Å². The minimum Gasteiger partial charge on any atom is -0.490 e. The summed E-state index contributed by atoms with van der Waals surface area (Å²) in [4.78, 5) is 25.7. The molecule has 25 heavy (non-hydrogen) atoms. The second-order valence-corrected chi connectivity index (χ2v) is 6.64. The molecule has 0 aliphatic carbocycles. The molecule has 1 aromatic carbocycles. The zero-order chi connectivity index (χ0) is 18.4. The van der Waals surface area contributed by atoms with Gasteiger partial charge < -0.3 is 20.7 Å². The number of hydrogen-bond donors (Lipinski definition) is 2. The first-order chi connectivity index (χ1) is 11.9. The number of hydrogen-bond acceptors (Lipinski definition) is 4. The number of piperidine rings is 1. The van der Waals surface area contributed by atoms with E-state index >= 15 is 0 Å². The highest BCUT2D eigenvalue weighted by molar-refractivity contribution is 5.87. The van der Waals surface area contributed by atoms with Crippen LogP contribution in [0.25, 0.3) is 0 Å². The van der Waals surface area contributed by atoms with Gasteiger partial charge in [0.05, 0.1) is 12.6 Å². The van der Waals surface area contributed by atoms with E-state index in [4.69, 9.17) is 10.5 Å². The largest absolute Gasteiger partial charge is 0.490 e. The summed E-state index contributed by atoms with van der Waals surface area (Å²) in [5.74, 6) is -0.0787. The maximum absolute atomic E-state index is 12.9. The summed E-state index contributed by atoms with van der Waals surface area (Å²) >= 11 is 0. The van der Waals surface area contributed by atoms with E-state index in [1.807, 2.05) is 13.8 Å². The lowest BCUT2D eigenvalue weighted by Crippen LogP contribution is -2.49. The van der Waals surface area contributed by atoms with Gasteiger partial charge in [-0.05, 0) is 30.2 Å². The van der Waals surface area contributed by atoms with Crippen molar-refractivity contribution in [2.24, 2.45) is 11.7 Å². The Labute approximate surface area is 147 Å². The van der Waals surface area contributed by atoms with Crippen LogP contribution in [0, 0.1) is 11.7 Å². The fourth-order valence-corrected chi connectivity index (χ4v) is 2.62. The van der Waals surface area contributed by atoms with E-state index in [9.17, 15) is 14.0 Å². The Morgan fingerprint density at radius 1 is 1.28 bits per heavy atom. The van der Waals surface area contributed by atoms with Gasteiger partial charge in [-0.1, -0.05) is 13.8 Å². The van der Waals surface area contributed by atoms with Crippen molar-refractivity contribution < 1.29 is 18.7 Å². The Bertz CT molecular complexity index is 584. The second kappa shape index (κ2) is 8.80. The molecular formula is C18H26FN3O3. The van der Waals surface area contributed by atoms with E-state index in [1.165, 1.54) is 12.1 Å². The van der Waals surface area contributed by atoms with Crippen LogP contribution in [-0.2, 0) is 9.59 Å². The Morgan fingerprint density at radius 2 is 1.88 bits per heavy atom. The molecule has 6 nitrogen and oxygen atoms in total. The van der Waals surface area contributed by atoms with Crippen molar-refractivity contribution in [3.05, 3.63) is 30.1 Å². The smallest absolute Gasteiger partial charge is 0.241 e. The van der Waals surface area contributed by atoms with Crippen LogP contribution in [0.4, 0.5) is 4.39 Å². The molecule has 0 spiro atoms. The van der Waals surface area contributed by atoms with Gasteiger partial charge in [-0.25, -0.2) is 4.39 Å². The molecule has 1 fully saturated rings. The summed E-state index contributed by atoms with van der Waals surface area (Å²) < 4.78 is 18.7. The van der Waals surface area contributed by atoms with Crippen molar-refractivity contribution in [2.45, 2.75) is 38.8 Å². The van der Waals surface area contributed by atoms with E-state index in [0.717, 1.165) is 0 Å². The molecular weight excluding hydrogens is 325 g/mol. The summed E-state index contributed by atoms with van der Waals surface area (Å²) in [6.45, 7) is 4.81. The molecule has 2 rings (SSSR count). The van der Waals surface area contributed by atoms with Crippen molar-refractivity contribution in [3.63, 3.8) is 0 Å². The van der Waals surface area contributed by atoms with Crippen LogP contribution >= 0.6 is 0 Å². The molecule has 1 aliphatic heterocycles. The molecule has 138 valence electrons. The van der Waals surface area contributed by atoms with Crippen LogP contribution in [0.2, 0.25) is 0 Å². The minimum absolute atomic E-state index is 0.00142. The number of nitrogens with two attached hydrogens (primary N) is 1. The average Bonchev–Trinajstić information content (AvgIpc) is 2.61. The molecule has 7 heteroatoms. The lowest BCUT2D eigenvalue weighted by atomic mass is 10.1. The Hall–Kier alpha value is -2.15. The molecule has 3 N–H and O–H groups in total. The molecule has 0 radical (unpaired) electrons. The normalized spacial score (nSPS) is 16.6. The summed E-state index contributed by atoms with van der Waals surface area (Å²) in [7, 11) is 0. The van der Waals surface area contributed by atoms with E-state index in [1.54, 1.807) is 17.0 Å². The van der Waals surface area contributed by atoms with E-state index < -0.39 is 6.04 Å². The molecule has 1 aliphatic rings. The standard InChI is InChI=1S/C18H26FN3O3/c1-12(2)17(20)18(24)21-11-16(23)22-9-7-15(8-10-22)25-14-5-3-13(19)4-6-14/h3-6,12,15,17H,7-11,20H2,1-2H3,(H,21,24)/t17-/m0/s1. The maximum Gasteiger partial charge on any atom is 0.241 e. The van der Waals surface area contributed by atoms with Crippen molar-refractivity contribution in [1.29, 1.82) is 0 Å². The highest BCUT2D eigenvalue weighted by Crippen LogP contribution is 2.19. The predicted octanol–water partition coefficient (Wildman–Crippen LogP) is 1.29. The minimum atomic E-state index is -0.609. The van der Waals surface area contributed by atoms with Gasteiger partial charge >= 0.3 is 0 Å². The van der Waals surface area contributed by atoms with Gasteiger partial charge in [-0.3, -0.25) is 9.59 Å². The molecule has 0 saturated carbocycles. The SMILES string of the molecule is CC(C)[C@H](N)C(=O)NCC(=O)N1CCC(Oc2ccc(F)cc2)CC1. The molecule has 0 bridgehead atoms. The van der Waals surface area contributed by atoms with Crippen LogP contribution in [0.1, 0.15) is 26.7 Å². The predicted molar refractivity (Wildman–Crippen MR) is 92.5 cm³/mol. The van der Waals surface area contributed by atoms with Gasteiger partial charge in [0, 0.05) is 25.9 Å². The third-order valence-electron chi connectivity index (χ3n) is 4.35. The van der Waals surface area contributed by atoms with Crippen LogP contribution in [0.15, 0.2) is 24.3 Å². The lowest BCUT2D eigenvalue weighted by molar-refractivity contribution is -0.134. The Balaban J connectivity index is 1.73. The van der Waals surface area contributed by atoms with Crippen molar-refractivity contribution in [1.82, 2.24) is 10.2 Å². The van der Waals surface area contributed by atoms with E-state index in [-0.39, 0.29) is 36.2 Å². The maximum atomic E-state index is 12.9. The van der Waals surface area contributed by atoms with Crippen molar-refractivity contribution in [3.8, 4) is 5.75 Å². The number of amides is 2. The molecule has 2 amide bonds. The fraction of sp³-hybridized carbons (Fsp3) is 0.556. The van der Waals surface area contributed by atoms with Crippen LogP contribution in [-0.4, -0.2) is 48.5 Å². The number of carbonyl (C=O) groups excluding carboxylic acids is 2. The zero-order valence-corrected chi connectivity index (χ0v) is 14.7. The first-order valence-corrected chi connectivity index (χ1v) is 8.60. The number of halogens is 1. The van der Waals surface area contributed by atoms with Gasteiger partial charge in [0.1, 0.15) is 17.7 Å². The number of nitrogens with zero attached hydrogens (tertiary/aromatic N) is 1. The van der Waals surface area contributed by atoms with Gasteiger partial charge in [-0.2, -0.15) is 0 Å². The van der Waals surface area contributed by atoms with E-state index in [2.05, 4.69) is 5.32 Å². The summed E-state index contributed by atoms with van der Waals surface area (Å²) in [5, 5.41) is 2.60. The number of benzene rings is 1. The Morgan fingerprint density at radius 3 is 2.44 bits per heavy atom. The zero-order valence-electron chi connectivity index (χ0n) is 14.7. The van der Waals surface area contributed by atoms with Crippen LogP contribution in [0.5, 0.6) is 5.75 Å². The summed E-state index contributed by atoms with van der Waals surface area (Å²) in [6, 6.07) is 5.31. The molecule has 1 atom stereocenters. The topological polar surface area (TPSA) is 84.7 Å². The molecule has 1 heterocycles. The number of rotatable bonds is 6. The number of ether oxygens (including phenoxy) is 1. The summed E-state index contributed by atoms with van der Waals surface area (Å²) in [5.41, 5.74) is 5.75. The van der Waals surface area contributed by atoms with Gasteiger partial charge in [-0.15, -0.1) is 0 Å². The molecule has 1 saturated heterocycles. The average molecular weight is 351 g/mol. The first-order valence-electron chi connectivity index (χ1n) is 8.60. The quantitative estimate of drug-likeness (QED) is 0.809. The lowest BCUT2D eigenvalue weighted by Gasteiger charge is -2.32. The van der Waals surface area contributed by atoms with Gasteiger partial charge in [0.15, 0.2) is 0 Å². The van der Waals surface area contributed by atoms with Crippen molar-refractivity contribution in [2.75, 3.05) is 19.6 Å². The Kier molecular flexibility index (Phi) is 6.75. The summed E-state index contributed by atoms with van der Waals surface area (Å²) in [6.07, 6.45) is 1.39. The van der Waals surface area contributed by atoms with Crippen molar-refractivity contribution >= 4 is 11.8 Å². The highest BCUT2D eigenvalue weighted by Gasteiger charge is 2.25. The first kappa shape index (κ1) is 19.2. The third kappa shape index (κ3) is 5.70. The van der Waals surface area contributed by atoms with Gasteiger partial charge in [0.2, 0.25) is 11.8 Å². The van der Waals surface area contributed by atoms with Crippen LogP contribution in [0.3, 0.4) is 0 Å². The van der Waals surface area contributed by atoms with Crippen LogP contribution < -0.4 is 15.8 Å². The molecule has 0 aromatic heterocycles. The molecule has 0 unspecified atom stereocenters. The third-order valence-corrected chi connectivity index (χ3v) is 4.35. The number of likely N-dealkylation sites (tertiary alicyclic amines) is 1. The van der Waals surface area contributed by atoms with E-state index in [0.29, 0.717) is 31.7 Å². The molecule has 1 aromatic rings.